The van der Waals surface area contributed by atoms with Crippen LogP contribution in [0, 0.1) is 5.82 Å². The molecule has 1 unspecified atom stereocenters. The van der Waals surface area contributed by atoms with Gasteiger partial charge in [0.25, 0.3) is 0 Å². The molecule has 0 aliphatic heterocycles. The monoisotopic (exact) mass is 286 g/mol. The summed E-state index contributed by atoms with van der Waals surface area (Å²) < 4.78 is 15.1. The second-order valence-electron chi connectivity index (χ2n) is 4.67. The smallest absolute Gasteiger partial charge is 0.146 e. The molecule has 3 rings (SSSR count). The maximum Gasteiger partial charge on any atom is 0.146 e. The lowest BCUT2D eigenvalue weighted by molar-refractivity contribution is 0.518. The maximum atomic E-state index is 13.9. The van der Waals surface area contributed by atoms with Crippen molar-refractivity contribution < 1.29 is 4.39 Å². The summed E-state index contributed by atoms with van der Waals surface area (Å²) in [6, 6.07) is 11.3. The third-order valence-electron chi connectivity index (χ3n) is 3.45. The summed E-state index contributed by atoms with van der Waals surface area (Å²) in [7, 11) is 1.84. The zero-order valence-electron chi connectivity index (χ0n) is 11.1. The van der Waals surface area contributed by atoms with Gasteiger partial charge in [-0.3, -0.25) is 4.98 Å². The Hall–Kier alpha value is -1.78. The van der Waals surface area contributed by atoms with Crippen molar-refractivity contribution in [1.29, 1.82) is 0 Å². The molecule has 0 fully saturated rings. The molecular weight excluding hydrogens is 271 g/mol. The van der Waals surface area contributed by atoms with Crippen LogP contribution in [-0.4, -0.2) is 12.0 Å². The van der Waals surface area contributed by atoms with Crippen LogP contribution >= 0.6 is 11.3 Å². The molecule has 0 aliphatic carbocycles. The topological polar surface area (TPSA) is 24.9 Å². The summed E-state index contributed by atoms with van der Waals surface area (Å²) in [4.78, 5) is 4.18. The Morgan fingerprint density at radius 1 is 1.25 bits per heavy atom. The number of hydrogen-bond donors (Lipinski definition) is 1. The molecule has 0 aliphatic rings. The highest BCUT2D eigenvalue weighted by Gasteiger charge is 2.17. The van der Waals surface area contributed by atoms with E-state index in [9.17, 15) is 4.39 Å². The lowest BCUT2D eigenvalue weighted by Gasteiger charge is -2.15. The summed E-state index contributed by atoms with van der Waals surface area (Å²) in [5, 5.41) is 6.56. The van der Waals surface area contributed by atoms with Gasteiger partial charge in [-0.2, -0.15) is 0 Å². The van der Waals surface area contributed by atoms with Crippen LogP contribution in [0.5, 0.6) is 0 Å². The van der Waals surface area contributed by atoms with E-state index in [1.807, 2.05) is 19.2 Å². The number of hydrogen-bond acceptors (Lipinski definition) is 3. The third-order valence-corrected chi connectivity index (χ3v) is 4.46. The van der Waals surface area contributed by atoms with Crippen LogP contribution in [0.15, 0.2) is 48.0 Å². The van der Waals surface area contributed by atoms with Crippen LogP contribution in [0.25, 0.3) is 10.1 Å². The number of nitrogens with one attached hydrogen (secondary N) is 1. The fourth-order valence-electron chi connectivity index (χ4n) is 2.40. The molecule has 0 amide bonds. The van der Waals surface area contributed by atoms with Crippen molar-refractivity contribution in [2.75, 3.05) is 7.05 Å². The Kier molecular flexibility index (Phi) is 3.76. The number of fused-ring (bicyclic) bond motifs is 1. The summed E-state index contributed by atoms with van der Waals surface area (Å²) >= 11 is 1.72. The Labute approximate surface area is 121 Å². The maximum absolute atomic E-state index is 13.9. The largest absolute Gasteiger partial charge is 0.311 e. The van der Waals surface area contributed by atoms with E-state index in [1.54, 1.807) is 23.6 Å². The highest BCUT2D eigenvalue weighted by Crippen LogP contribution is 2.29. The van der Waals surface area contributed by atoms with Gasteiger partial charge in [-0.15, -0.1) is 11.3 Å². The van der Waals surface area contributed by atoms with Gasteiger partial charge < -0.3 is 5.32 Å². The van der Waals surface area contributed by atoms with E-state index in [2.05, 4.69) is 27.8 Å². The zero-order chi connectivity index (χ0) is 13.9. The van der Waals surface area contributed by atoms with Crippen molar-refractivity contribution in [2.45, 2.75) is 12.5 Å². The van der Waals surface area contributed by atoms with Crippen LogP contribution in [0.4, 0.5) is 4.39 Å². The van der Waals surface area contributed by atoms with Gasteiger partial charge in [0.15, 0.2) is 0 Å². The molecule has 4 heteroatoms. The highest BCUT2D eigenvalue weighted by molar-refractivity contribution is 7.17. The minimum atomic E-state index is -0.258. The minimum Gasteiger partial charge on any atom is -0.311 e. The van der Waals surface area contributed by atoms with E-state index in [0.29, 0.717) is 5.69 Å². The molecule has 0 saturated carbocycles. The Balaban J connectivity index is 1.94. The van der Waals surface area contributed by atoms with E-state index in [4.69, 9.17) is 0 Å². The van der Waals surface area contributed by atoms with Gasteiger partial charge in [-0.1, -0.05) is 18.2 Å². The van der Waals surface area contributed by atoms with Crippen LogP contribution in [-0.2, 0) is 6.42 Å². The summed E-state index contributed by atoms with van der Waals surface area (Å²) in [5.41, 5.74) is 1.71. The van der Waals surface area contributed by atoms with Crippen LogP contribution in [0.1, 0.15) is 17.3 Å². The molecule has 2 nitrogen and oxygen atoms in total. The van der Waals surface area contributed by atoms with Gasteiger partial charge >= 0.3 is 0 Å². The molecule has 0 saturated heterocycles. The second kappa shape index (κ2) is 5.69. The molecule has 1 atom stereocenters. The fourth-order valence-corrected chi connectivity index (χ4v) is 3.38. The first-order valence-electron chi connectivity index (χ1n) is 6.52. The van der Waals surface area contributed by atoms with Crippen LogP contribution < -0.4 is 5.32 Å². The van der Waals surface area contributed by atoms with Gasteiger partial charge in [0.05, 0.1) is 11.7 Å². The van der Waals surface area contributed by atoms with Gasteiger partial charge in [-0.25, -0.2) is 4.39 Å². The van der Waals surface area contributed by atoms with Crippen molar-refractivity contribution in [2.24, 2.45) is 0 Å². The van der Waals surface area contributed by atoms with Crippen LogP contribution in [0.2, 0.25) is 0 Å². The summed E-state index contributed by atoms with van der Waals surface area (Å²) in [5.74, 6) is -0.258. The molecule has 3 aromatic rings. The molecule has 2 aromatic heterocycles. The SMILES string of the molecule is CNC(Cc1csc2ccccc12)c1ncccc1F. The molecular formula is C16H15FN2S. The van der Waals surface area contributed by atoms with E-state index in [0.717, 1.165) is 6.42 Å². The van der Waals surface area contributed by atoms with E-state index < -0.39 is 0 Å². The average Bonchev–Trinajstić information content (AvgIpc) is 2.89. The predicted octanol–water partition coefficient (Wildman–Crippen LogP) is 3.94. The molecule has 20 heavy (non-hydrogen) atoms. The van der Waals surface area contributed by atoms with E-state index in [1.165, 1.54) is 21.7 Å². The molecule has 0 spiro atoms. The van der Waals surface area contributed by atoms with Crippen molar-refractivity contribution in [3.8, 4) is 0 Å². The quantitative estimate of drug-likeness (QED) is 0.786. The summed E-state index contributed by atoms with van der Waals surface area (Å²) in [6.07, 6.45) is 2.36. The van der Waals surface area contributed by atoms with Crippen molar-refractivity contribution in [3.63, 3.8) is 0 Å². The van der Waals surface area contributed by atoms with Gasteiger partial charge in [0.2, 0.25) is 0 Å². The predicted molar refractivity (Wildman–Crippen MR) is 81.5 cm³/mol. The van der Waals surface area contributed by atoms with Crippen molar-refractivity contribution in [3.05, 3.63) is 65.0 Å². The second-order valence-corrected chi connectivity index (χ2v) is 5.58. The molecule has 102 valence electrons. The van der Waals surface area contributed by atoms with Gasteiger partial charge in [0.1, 0.15) is 5.82 Å². The van der Waals surface area contributed by atoms with Gasteiger partial charge in [-0.05, 0) is 48.0 Å². The molecule has 1 aromatic carbocycles. The number of likely N-dealkylation sites (N-methyl/N-ethyl adjacent to an activating group) is 1. The minimum absolute atomic E-state index is 0.116. The third kappa shape index (κ3) is 2.44. The van der Waals surface area contributed by atoms with Gasteiger partial charge in [0, 0.05) is 10.9 Å². The zero-order valence-corrected chi connectivity index (χ0v) is 12.0. The first-order valence-corrected chi connectivity index (χ1v) is 7.40. The lowest BCUT2D eigenvalue weighted by atomic mass is 10.0. The summed E-state index contributed by atoms with van der Waals surface area (Å²) in [6.45, 7) is 0. The van der Waals surface area contributed by atoms with Crippen molar-refractivity contribution >= 4 is 21.4 Å². The van der Waals surface area contributed by atoms with Crippen LogP contribution in [0.3, 0.4) is 0 Å². The average molecular weight is 286 g/mol. The normalized spacial score (nSPS) is 12.7. The molecule has 0 radical (unpaired) electrons. The Morgan fingerprint density at radius 2 is 2.10 bits per heavy atom. The highest BCUT2D eigenvalue weighted by atomic mass is 32.1. The molecule has 1 N–H and O–H groups in total. The standard InChI is InChI=1S/C16H15FN2S/c1-18-14(16-13(17)6-4-8-19-16)9-11-10-20-15-7-3-2-5-12(11)15/h2-8,10,14,18H,9H2,1H3. The number of rotatable bonds is 4. The number of benzene rings is 1. The lowest BCUT2D eigenvalue weighted by Crippen LogP contribution is -2.21. The number of nitrogens with zero attached hydrogens (tertiary/aromatic N) is 1. The first-order chi connectivity index (χ1) is 9.79. The molecule has 0 bridgehead atoms. The number of aromatic nitrogens is 1. The molecule has 2 heterocycles. The number of pyridine rings is 1. The fraction of sp³-hybridized carbons (Fsp3) is 0.188. The Morgan fingerprint density at radius 3 is 2.90 bits per heavy atom. The number of thiophene rings is 1. The van der Waals surface area contributed by atoms with E-state index >= 15 is 0 Å². The van der Waals surface area contributed by atoms with E-state index in [-0.39, 0.29) is 11.9 Å². The number of halogens is 1. The first kappa shape index (κ1) is 13.2. The Bertz CT molecular complexity index is 723. The van der Waals surface area contributed by atoms with Crippen molar-refractivity contribution in [1.82, 2.24) is 10.3 Å².